The van der Waals surface area contributed by atoms with Crippen LogP contribution in [-0.4, -0.2) is 12.4 Å². The van der Waals surface area contributed by atoms with Gasteiger partial charge < -0.3 is 4.74 Å². The quantitative estimate of drug-likeness (QED) is 0.792. The van der Waals surface area contributed by atoms with E-state index in [4.69, 9.17) is 0 Å². The highest BCUT2D eigenvalue weighted by molar-refractivity contribution is 9.09. The lowest BCUT2D eigenvalue weighted by atomic mass is 10.1. The summed E-state index contributed by atoms with van der Waals surface area (Å²) in [4.78, 5) is 10.6. The van der Waals surface area contributed by atoms with Crippen LogP contribution in [-0.2, 0) is 4.79 Å². The largest absolute Gasteiger partial charge is 0.434 e. The second kappa shape index (κ2) is 5.39. The fourth-order valence-electron chi connectivity index (χ4n) is 1.27. The summed E-state index contributed by atoms with van der Waals surface area (Å²) in [6, 6.07) is 4.83. The van der Waals surface area contributed by atoms with Crippen LogP contribution in [0.5, 0.6) is 5.75 Å². The fraction of sp³-hybridized carbons (Fsp3) is 0.364. The van der Waals surface area contributed by atoms with Crippen LogP contribution in [0.25, 0.3) is 0 Å². The third kappa shape index (κ3) is 3.27. The van der Waals surface area contributed by atoms with E-state index in [-0.39, 0.29) is 11.5 Å². The highest BCUT2D eigenvalue weighted by Crippen LogP contribution is 2.33. The van der Waals surface area contributed by atoms with Crippen molar-refractivity contribution in [1.82, 2.24) is 0 Å². The van der Waals surface area contributed by atoms with Gasteiger partial charge in [0, 0.05) is 5.56 Å². The number of aryl methyl sites for hydroxylation is 1. The second-order valence-electron chi connectivity index (χ2n) is 3.39. The molecule has 88 valence electrons. The molecule has 1 unspecified atom stereocenters. The van der Waals surface area contributed by atoms with Crippen LogP contribution in [0.15, 0.2) is 18.2 Å². The summed E-state index contributed by atoms with van der Waals surface area (Å²) in [5, 5.41) is 0. The summed E-state index contributed by atoms with van der Waals surface area (Å²) in [7, 11) is 0. The summed E-state index contributed by atoms with van der Waals surface area (Å²) < 4.78 is 28.7. The van der Waals surface area contributed by atoms with Gasteiger partial charge in [-0.15, -0.1) is 0 Å². The van der Waals surface area contributed by atoms with Crippen LogP contribution in [0.2, 0.25) is 0 Å². The number of carbonyl (C=O) groups is 1. The second-order valence-corrected chi connectivity index (χ2v) is 4.31. The van der Waals surface area contributed by atoms with E-state index in [1.807, 2.05) is 0 Å². The number of halogens is 3. The highest BCUT2D eigenvalue weighted by atomic mass is 79.9. The van der Waals surface area contributed by atoms with Crippen molar-refractivity contribution in [1.29, 1.82) is 0 Å². The molecule has 0 aliphatic rings. The Hall–Kier alpha value is -0.970. The molecule has 0 aliphatic carbocycles. The highest BCUT2D eigenvalue weighted by Gasteiger charge is 2.19. The molecule has 1 atom stereocenters. The first-order valence-electron chi connectivity index (χ1n) is 4.61. The maximum atomic E-state index is 12.2. The molecule has 0 fully saturated rings. The SMILES string of the molecule is CC(=O)C(Br)c1ccc(C)cc1OC(F)F. The molecule has 1 aromatic rings. The molecule has 5 heteroatoms. The third-order valence-electron chi connectivity index (χ3n) is 2.02. The minimum Gasteiger partial charge on any atom is -0.434 e. The van der Waals surface area contributed by atoms with Crippen molar-refractivity contribution in [2.45, 2.75) is 25.3 Å². The standard InChI is InChI=1S/C11H11BrF2O2/c1-6-3-4-8(10(12)7(2)15)9(5-6)16-11(13)14/h3-5,10-11H,1-2H3. The van der Waals surface area contributed by atoms with E-state index in [0.29, 0.717) is 5.56 Å². The molecular formula is C11H11BrF2O2. The summed E-state index contributed by atoms with van der Waals surface area (Å²) >= 11 is 3.14. The zero-order valence-electron chi connectivity index (χ0n) is 8.84. The summed E-state index contributed by atoms with van der Waals surface area (Å²) in [6.45, 7) is 0.247. The summed E-state index contributed by atoms with van der Waals surface area (Å²) in [6.07, 6.45) is 0. The first kappa shape index (κ1) is 13.1. The van der Waals surface area contributed by atoms with Gasteiger partial charge in [-0.3, -0.25) is 4.79 Å². The van der Waals surface area contributed by atoms with E-state index >= 15 is 0 Å². The molecule has 1 rings (SSSR count). The molecule has 0 heterocycles. The van der Waals surface area contributed by atoms with Gasteiger partial charge in [-0.2, -0.15) is 8.78 Å². The van der Waals surface area contributed by atoms with Gasteiger partial charge in [0.15, 0.2) is 0 Å². The molecule has 1 aromatic carbocycles. The van der Waals surface area contributed by atoms with E-state index in [1.165, 1.54) is 13.0 Å². The number of ketones is 1. The van der Waals surface area contributed by atoms with E-state index in [1.54, 1.807) is 19.1 Å². The average molecular weight is 293 g/mol. The van der Waals surface area contributed by atoms with E-state index in [0.717, 1.165) is 5.56 Å². The molecule has 0 amide bonds. The summed E-state index contributed by atoms with van der Waals surface area (Å²) in [5.41, 5.74) is 1.21. The van der Waals surface area contributed by atoms with E-state index in [2.05, 4.69) is 20.7 Å². The number of benzene rings is 1. The van der Waals surface area contributed by atoms with Crippen molar-refractivity contribution < 1.29 is 18.3 Å². The number of rotatable bonds is 4. The zero-order chi connectivity index (χ0) is 12.3. The van der Waals surface area contributed by atoms with Crippen molar-refractivity contribution >= 4 is 21.7 Å². The maximum Gasteiger partial charge on any atom is 0.387 e. The Kier molecular flexibility index (Phi) is 4.41. The molecule has 0 saturated carbocycles. The fourth-order valence-corrected chi connectivity index (χ4v) is 1.65. The molecule has 0 N–H and O–H groups in total. The molecule has 0 saturated heterocycles. The van der Waals surface area contributed by atoms with Gasteiger partial charge in [0.2, 0.25) is 0 Å². The van der Waals surface area contributed by atoms with Gasteiger partial charge >= 0.3 is 6.61 Å². The van der Waals surface area contributed by atoms with Gasteiger partial charge in [0.1, 0.15) is 16.4 Å². The Bertz CT molecular complexity index is 394. The van der Waals surface area contributed by atoms with Gasteiger partial charge in [0.25, 0.3) is 0 Å². The monoisotopic (exact) mass is 292 g/mol. The molecule has 16 heavy (non-hydrogen) atoms. The predicted octanol–water partition coefficient (Wildman–Crippen LogP) is 3.62. The lowest BCUT2D eigenvalue weighted by Gasteiger charge is -2.14. The Balaban J connectivity index is 3.11. The number of hydrogen-bond acceptors (Lipinski definition) is 2. The lowest BCUT2D eigenvalue weighted by molar-refractivity contribution is -0.116. The van der Waals surface area contributed by atoms with Crippen LogP contribution in [0.3, 0.4) is 0 Å². The van der Waals surface area contributed by atoms with Gasteiger partial charge in [0.05, 0.1) is 0 Å². The van der Waals surface area contributed by atoms with Crippen molar-refractivity contribution in [2.24, 2.45) is 0 Å². The van der Waals surface area contributed by atoms with Gasteiger partial charge in [-0.05, 0) is 25.5 Å². The third-order valence-corrected chi connectivity index (χ3v) is 3.15. The van der Waals surface area contributed by atoms with Crippen LogP contribution >= 0.6 is 15.9 Å². The van der Waals surface area contributed by atoms with Crippen LogP contribution in [0.4, 0.5) is 8.78 Å². The molecule has 0 radical (unpaired) electrons. The number of Topliss-reactive ketones (excluding diaryl/α,β-unsaturated/α-hetero) is 1. The number of alkyl halides is 3. The Morgan fingerprint density at radius 2 is 2.06 bits per heavy atom. The Morgan fingerprint density at radius 1 is 1.44 bits per heavy atom. The molecule has 2 nitrogen and oxygen atoms in total. The summed E-state index contributed by atoms with van der Waals surface area (Å²) in [5.74, 6) is -0.130. The molecular weight excluding hydrogens is 282 g/mol. The van der Waals surface area contributed by atoms with Crippen molar-refractivity contribution in [3.8, 4) is 5.75 Å². The first-order valence-corrected chi connectivity index (χ1v) is 5.53. The number of carbonyl (C=O) groups excluding carboxylic acids is 1. The van der Waals surface area contributed by atoms with Crippen molar-refractivity contribution in [2.75, 3.05) is 0 Å². The van der Waals surface area contributed by atoms with Crippen LogP contribution in [0.1, 0.15) is 22.9 Å². The normalized spacial score (nSPS) is 12.6. The predicted molar refractivity (Wildman–Crippen MR) is 60.2 cm³/mol. The molecule has 0 aliphatic heterocycles. The smallest absolute Gasteiger partial charge is 0.387 e. The molecule has 0 aromatic heterocycles. The minimum atomic E-state index is -2.90. The van der Waals surface area contributed by atoms with Crippen LogP contribution < -0.4 is 4.74 Å². The molecule has 0 bridgehead atoms. The van der Waals surface area contributed by atoms with E-state index < -0.39 is 11.4 Å². The lowest BCUT2D eigenvalue weighted by Crippen LogP contribution is -2.08. The average Bonchev–Trinajstić information content (AvgIpc) is 2.15. The maximum absolute atomic E-state index is 12.2. The van der Waals surface area contributed by atoms with Gasteiger partial charge in [-0.1, -0.05) is 28.1 Å². The zero-order valence-corrected chi connectivity index (χ0v) is 10.4. The first-order chi connectivity index (χ1) is 7.41. The van der Waals surface area contributed by atoms with Crippen LogP contribution in [0, 0.1) is 6.92 Å². The van der Waals surface area contributed by atoms with Crippen molar-refractivity contribution in [3.05, 3.63) is 29.3 Å². The van der Waals surface area contributed by atoms with Gasteiger partial charge in [-0.25, -0.2) is 0 Å². The molecule has 0 spiro atoms. The number of hydrogen-bond donors (Lipinski definition) is 0. The minimum absolute atomic E-state index is 0.0343. The Labute approximate surface area is 101 Å². The Morgan fingerprint density at radius 3 is 2.56 bits per heavy atom. The van der Waals surface area contributed by atoms with Crippen molar-refractivity contribution in [3.63, 3.8) is 0 Å². The topological polar surface area (TPSA) is 26.3 Å². The van der Waals surface area contributed by atoms with E-state index in [9.17, 15) is 13.6 Å². The number of ether oxygens (including phenoxy) is 1.